The maximum absolute atomic E-state index is 11.0. The van der Waals surface area contributed by atoms with Crippen molar-refractivity contribution < 1.29 is 14.6 Å². The molecule has 0 bridgehead atoms. The van der Waals surface area contributed by atoms with Crippen molar-refractivity contribution in [3.05, 3.63) is 42.0 Å². The highest BCUT2D eigenvalue weighted by Crippen LogP contribution is 2.23. The zero-order valence-corrected chi connectivity index (χ0v) is 11.5. The first-order valence-corrected chi connectivity index (χ1v) is 6.79. The molecule has 0 saturated heterocycles. The molecule has 1 aromatic carbocycles. The summed E-state index contributed by atoms with van der Waals surface area (Å²) >= 11 is 0. The number of rotatable bonds is 9. The van der Waals surface area contributed by atoms with E-state index in [1.165, 1.54) is 12.8 Å². The fourth-order valence-corrected chi connectivity index (χ4v) is 1.85. The van der Waals surface area contributed by atoms with Gasteiger partial charge in [-0.3, -0.25) is 0 Å². The molecule has 3 nitrogen and oxygen atoms in total. The van der Waals surface area contributed by atoms with Crippen molar-refractivity contribution >= 4 is 5.97 Å². The van der Waals surface area contributed by atoms with E-state index in [4.69, 9.17) is 9.84 Å². The first kappa shape index (κ1) is 15.3. The van der Waals surface area contributed by atoms with E-state index in [0.29, 0.717) is 12.4 Å². The van der Waals surface area contributed by atoms with Crippen LogP contribution < -0.4 is 4.74 Å². The summed E-state index contributed by atoms with van der Waals surface area (Å²) in [6.07, 6.45) is 6.91. The van der Waals surface area contributed by atoms with E-state index in [0.717, 1.165) is 24.8 Å². The summed E-state index contributed by atoms with van der Waals surface area (Å²) in [6, 6.07) is 5.12. The fraction of sp³-hybridized carbons (Fsp3) is 0.438. The van der Waals surface area contributed by atoms with Crippen LogP contribution in [0.5, 0.6) is 5.75 Å². The van der Waals surface area contributed by atoms with Crippen molar-refractivity contribution in [2.45, 2.75) is 39.0 Å². The molecular formula is C16H22O3. The third-order valence-corrected chi connectivity index (χ3v) is 2.94. The summed E-state index contributed by atoms with van der Waals surface area (Å²) in [5, 5.41) is 9.01. The van der Waals surface area contributed by atoms with Gasteiger partial charge in [0.25, 0.3) is 0 Å². The Morgan fingerprint density at radius 3 is 2.84 bits per heavy atom. The molecule has 1 aromatic rings. The van der Waals surface area contributed by atoms with E-state index >= 15 is 0 Å². The Labute approximate surface area is 114 Å². The van der Waals surface area contributed by atoms with Crippen LogP contribution in [0.25, 0.3) is 0 Å². The lowest BCUT2D eigenvalue weighted by atomic mass is 10.0. The van der Waals surface area contributed by atoms with Crippen LogP contribution in [0.4, 0.5) is 0 Å². The lowest BCUT2D eigenvalue weighted by molar-refractivity contribution is 0.0696. The molecule has 0 unspecified atom stereocenters. The molecule has 0 spiro atoms. The fourth-order valence-electron chi connectivity index (χ4n) is 1.85. The minimum Gasteiger partial charge on any atom is -0.493 e. The van der Waals surface area contributed by atoms with Gasteiger partial charge in [0, 0.05) is 0 Å². The maximum Gasteiger partial charge on any atom is 0.335 e. The van der Waals surface area contributed by atoms with Gasteiger partial charge in [0.2, 0.25) is 0 Å². The molecule has 1 rings (SSSR count). The Bertz CT molecular complexity index is 424. The third kappa shape index (κ3) is 5.16. The first-order chi connectivity index (χ1) is 9.19. The van der Waals surface area contributed by atoms with Crippen molar-refractivity contribution in [1.82, 2.24) is 0 Å². The van der Waals surface area contributed by atoms with Gasteiger partial charge >= 0.3 is 5.97 Å². The summed E-state index contributed by atoms with van der Waals surface area (Å²) in [5.41, 5.74) is 1.36. The van der Waals surface area contributed by atoms with Crippen LogP contribution in [-0.2, 0) is 6.42 Å². The molecule has 0 aliphatic carbocycles. The number of hydrogen-bond donors (Lipinski definition) is 1. The summed E-state index contributed by atoms with van der Waals surface area (Å²) in [5.74, 6) is -0.230. The number of hydrogen-bond acceptors (Lipinski definition) is 2. The molecule has 0 aliphatic rings. The predicted molar refractivity (Wildman–Crippen MR) is 76.9 cm³/mol. The van der Waals surface area contributed by atoms with Crippen LogP contribution in [0.3, 0.4) is 0 Å². The first-order valence-electron chi connectivity index (χ1n) is 6.79. The largest absolute Gasteiger partial charge is 0.493 e. The average molecular weight is 262 g/mol. The number of benzene rings is 1. The molecule has 0 aliphatic heterocycles. The van der Waals surface area contributed by atoms with Gasteiger partial charge in [-0.25, -0.2) is 4.79 Å². The number of unbranched alkanes of at least 4 members (excludes halogenated alkanes) is 2. The lowest BCUT2D eigenvalue weighted by Crippen LogP contribution is -2.03. The summed E-state index contributed by atoms with van der Waals surface area (Å²) < 4.78 is 5.66. The SMILES string of the molecule is C=CCCOc1cc(C(=O)O)ccc1CCCCC. The Morgan fingerprint density at radius 2 is 2.21 bits per heavy atom. The van der Waals surface area contributed by atoms with Crippen LogP contribution in [0.15, 0.2) is 30.9 Å². The molecular weight excluding hydrogens is 240 g/mol. The number of ether oxygens (including phenoxy) is 1. The Morgan fingerprint density at radius 1 is 1.42 bits per heavy atom. The van der Waals surface area contributed by atoms with Crippen molar-refractivity contribution in [2.75, 3.05) is 6.61 Å². The van der Waals surface area contributed by atoms with Crippen molar-refractivity contribution in [3.63, 3.8) is 0 Å². The van der Waals surface area contributed by atoms with Gasteiger partial charge < -0.3 is 9.84 Å². The van der Waals surface area contributed by atoms with E-state index in [1.54, 1.807) is 18.2 Å². The molecule has 0 aromatic heterocycles. The second kappa shape index (κ2) is 8.35. The standard InChI is InChI=1S/C16H22O3/c1-3-5-7-8-13-9-10-14(16(17)18)12-15(13)19-11-6-4-2/h4,9-10,12H,2-3,5-8,11H2,1H3,(H,17,18). The normalized spacial score (nSPS) is 10.2. The van der Waals surface area contributed by atoms with Crippen molar-refractivity contribution in [2.24, 2.45) is 0 Å². The highest BCUT2D eigenvalue weighted by Gasteiger charge is 2.09. The molecule has 1 N–H and O–H groups in total. The van der Waals surface area contributed by atoms with Gasteiger partial charge in [0.1, 0.15) is 5.75 Å². The highest BCUT2D eigenvalue weighted by atomic mass is 16.5. The van der Waals surface area contributed by atoms with Crippen LogP contribution in [0, 0.1) is 0 Å². The van der Waals surface area contributed by atoms with Gasteiger partial charge in [0.15, 0.2) is 0 Å². The quantitative estimate of drug-likeness (QED) is 0.539. The van der Waals surface area contributed by atoms with E-state index in [9.17, 15) is 4.79 Å². The Kier molecular flexibility index (Phi) is 6.72. The summed E-state index contributed by atoms with van der Waals surface area (Å²) in [6.45, 7) is 6.34. The van der Waals surface area contributed by atoms with Gasteiger partial charge in [-0.1, -0.05) is 31.9 Å². The van der Waals surface area contributed by atoms with Crippen molar-refractivity contribution in [3.8, 4) is 5.75 Å². The second-order valence-corrected chi connectivity index (χ2v) is 4.51. The van der Waals surface area contributed by atoms with Crippen LogP contribution in [0.1, 0.15) is 48.5 Å². The van der Waals surface area contributed by atoms with E-state index in [2.05, 4.69) is 13.5 Å². The smallest absolute Gasteiger partial charge is 0.335 e. The van der Waals surface area contributed by atoms with Crippen LogP contribution in [-0.4, -0.2) is 17.7 Å². The van der Waals surface area contributed by atoms with Crippen LogP contribution >= 0.6 is 0 Å². The molecule has 0 heterocycles. The highest BCUT2D eigenvalue weighted by molar-refractivity contribution is 5.88. The number of carboxylic acids is 1. The van der Waals surface area contributed by atoms with Crippen LogP contribution in [0.2, 0.25) is 0 Å². The second-order valence-electron chi connectivity index (χ2n) is 4.51. The van der Waals surface area contributed by atoms with Gasteiger partial charge in [0.05, 0.1) is 12.2 Å². The van der Waals surface area contributed by atoms with Gasteiger partial charge in [-0.2, -0.15) is 0 Å². The number of carboxylic acid groups (broad SMARTS) is 1. The predicted octanol–water partition coefficient (Wildman–Crippen LogP) is 4.07. The van der Waals surface area contributed by atoms with Gasteiger partial charge in [-0.15, -0.1) is 6.58 Å². The summed E-state index contributed by atoms with van der Waals surface area (Å²) in [4.78, 5) is 11.0. The molecule has 0 atom stereocenters. The Hall–Kier alpha value is -1.77. The van der Waals surface area contributed by atoms with E-state index in [-0.39, 0.29) is 5.56 Å². The average Bonchev–Trinajstić information content (AvgIpc) is 2.40. The zero-order chi connectivity index (χ0) is 14.1. The van der Waals surface area contributed by atoms with E-state index < -0.39 is 5.97 Å². The zero-order valence-electron chi connectivity index (χ0n) is 11.5. The molecule has 0 amide bonds. The number of carbonyl (C=O) groups is 1. The number of aryl methyl sites for hydroxylation is 1. The maximum atomic E-state index is 11.0. The molecule has 0 radical (unpaired) electrons. The van der Waals surface area contributed by atoms with Gasteiger partial charge in [-0.05, 0) is 37.0 Å². The molecule has 0 saturated carbocycles. The van der Waals surface area contributed by atoms with Crippen molar-refractivity contribution in [1.29, 1.82) is 0 Å². The Balaban J connectivity index is 2.80. The molecule has 19 heavy (non-hydrogen) atoms. The third-order valence-electron chi connectivity index (χ3n) is 2.94. The lowest BCUT2D eigenvalue weighted by Gasteiger charge is -2.12. The minimum absolute atomic E-state index is 0.271. The minimum atomic E-state index is -0.923. The topological polar surface area (TPSA) is 46.5 Å². The van der Waals surface area contributed by atoms with E-state index in [1.807, 2.05) is 6.07 Å². The monoisotopic (exact) mass is 262 g/mol. The molecule has 3 heteroatoms. The summed E-state index contributed by atoms with van der Waals surface area (Å²) in [7, 11) is 0. The number of aromatic carboxylic acids is 1. The molecule has 104 valence electrons. The molecule has 0 fully saturated rings.